The lowest BCUT2D eigenvalue weighted by Gasteiger charge is -2.22. The van der Waals surface area contributed by atoms with E-state index in [1.54, 1.807) is 19.2 Å². The van der Waals surface area contributed by atoms with Gasteiger partial charge in [0.2, 0.25) is 6.29 Å². The molecule has 0 aliphatic carbocycles. The van der Waals surface area contributed by atoms with E-state index in [9.17, 15) is 9.59 Å². The van der Waals surface area contributed by atoms with Gasteiger partial charge in [-0.1, -0.05) is 20.8 Å². The van der Waals surface area contributed by atoms with Gasteiger partial charge in [-0.15, -0.1) is 0 Å². The molecular formula is C13H17NO3. The van der Waals surface area contributed by atoms with E-state index in [1.165, 1.54) is 0 Å². The molecular weight excluding hydrogens is 218 g/mol. The first kappa shape index (κ1) is 13.2. The quantitative estimate of drug-likeness (QED) is 0.645. The molecule has 92 valence electrons. The fourth-order valence-electron chi connectivity index (χ4n) is 1.54. The molecule has 1 aromatic rings. The molecule has 0 unspecified atom stereocenters. The Hall–Kier alpha value is -1.84. The minimum absolute atomic E-state index is 0.104. The number of rotatable bonds is 3. The molecule has 0 radical (unpaired) electrons. The van der Waals surface area contributed by atoms with Crippen LogP contribution in [0.25, 0.3) is 0 Å². The smallest absolute Gasteiger partial charge is 0.288 e. The van der Waals surface area contributed by atoms with Gasteiger partial charge in [0.15, 0.2) is 0 Å². The molecule has 1 N–H and O–H groups in total. The fourth-order valence-corrected chi connectivity index (χ4v) is 1.54. The Bertz CT molecular complexity index is 433. The minimum atomic E-state index is -0.657. The Kier molecular flexibility index (Phi) is 3.89. The summed E-state index contributed by atoms with van der Waals surface area (Å²) in [5.74, 6) is 0.108. The van der Waals surface area contributed by atoms with Gasteiger partial charge in [0.25, 0.3) is 5.91 Å². The van der Waals surface area contributed by atoms with Crippen LogP contribution in [0.1, 0.15) is 26.3 Å². The van der Waals surface area contributed by atoms with Crippen molar-refractivity contribution in [2.45, 2.75) is 26.2 Å². The number of amides is 1. The molecule has 0 aliphatic heterocycles. The summed E-state index contributed by atoms with van der Waals surface area (Å²) in [4.78, 5) is 21.3. The molecule has 17 heavy (non-hydrogen) atoms. The first-order chi connectivity index (χ1) is 7.88. The second kappa shape index (κ2) is 4.99. The largest absolute Gasteiger partial charge is 0.496 e. The zero-order chi connectivity index (χ0) is 13.1. The molecule has 0 aliphatic rings. The molecule has 0 fully saturated rings. The third-order valence-corrected chi connectivity index (χ3v) is 2.38. The zero-order valence-corrected chi connectivity index (χ0v) is 10.5. The summed E-state index contributed by atoms with van der Waals surface area (Å²) in [6.07, 6.45) is 0.251. The molecule has 0 atom stereocenters. The Balaban J connectivity index is 3.13. The van der Waals surface area contributed by atoms with Gasteiger partial charge >= 0.3 is 0 Å². The highest BCUT2D eigenvalue weighted by molar-refractivity contribution is 6.29. The minimum Gasteiger partial charge on any atom is -0.496 e. The maximum atomic E-state index is 11.0. The first-order valence-corrected chi connectivity index (χ1v) is 5.33. The third kappa shape index (κ3) is 3.31. The zero-order valence-electron chi connectivity index (χ0n) is 10.5. The van der Waals surface area contributed by atoms with Crippen molar-refractivity contribution in [2.24, 2.45) is 0 Å². The monoisotopic (exact) mass is 235 g/mol. The van der Waals surface area contributed by atoms with E-state index < -0.39 is 5.91 Å². The van der Waals surface area contributed by atoms with E-state index in [2.05, 4.69) is 26.1 Å². The van der Waals surface area contributed by atoms with Crippen LogP contribution >= 0.6 is 0 Å². The van der Waals surface area contributed by atoms with Crippen molar-refractivity contribution in [1.82, 2.24) is 0 Å². The number of anilines is 1. The molecule has 1 amide bonds. The van der Waals surface area contributed by atoms with E-state index >= 15 is 0 Å². The normalized spacial score (nSPS) is 10.8. The van der Waals surface area contributed by atoms with Crippen molar-refractivity contribution >= 4 is 17.9 Å². The average Bonchev–Trinajstić information content (AvgIpc) is 2.27. The van der Waals surface area contributed by atoms with Gasteiger partial charge in [0.1, 0.15) is 5.75 Å². The van der Waals surface area contributed by atoms with Gasteiger partial charge in [-0.2, -0.15) is 0 Å². The average molecular weight is 235 g/mol. The second-order valence-corrected chi connectivity index (χ2v) is 4.77. The molecule has 0 aromatic heterocycles. The molecule has 4 heteroatoms. The Morgan fingerprint density at radius 1 is 1.35 bits per heavy atom. The topological polar surface area (TPSA) is 55.4 Å². The maximum Gasteiger partial charge on any atom is 0.288 e. The molecule has 1 aromatic carbocycles. The van der Waals surface area contributed by atoms with Crippen LogP contribution in [0.5, 0.6) is 5.75 Å². The van der Waals surface area contributed by atoms with Crippen LogP contribution in [-0.4, -0.2) is 19.3 Å². The van der Waals surface area contributed by atoms with Gasteiger partial charge in [-0.05, 0) is 23.6 Å². The van der Waals surface area contributed by atoms with Crippen molar-refractivity contribution in [2.75, 3.05) is 12.4 Å². The third-order valence-electron chi connectivity index (χ3n) is 2.38. The highest BCUT2D eigenvalue weighted by atomic mass is 16.5. The van der Waals surface area contributed by atoms with Crippen LogP contribution in [0, 0.1) is 0 Å². The second-order valence-electron chi connectivity index (χ2n) is 4.77. The molecule has 0 spiro atoms. The Labute approximate surface area is 101 Å². The van der Waals surface area contributed by atoms with Crippen molar-refractivity contribution in [3.05, 3.63) is 23.8 Å². The summed E-state index contributed by atoms with van der Waals surface area (Å²) in [7, 11) is 1.61. The molecule has 4 nitrogen and oxygen atoms in total. The number of hydrogen-bond acceptors (Lipinski definition) is 3. The number of nitrogens with one attached hydrogen (secondary N) is 1. The number of hydrogen-bond donors (Lipinski definition) is 1. The van der Waals surface area contributed by atoms with Gasteiger partial charge < -0.3 is 10.1 Å². The van der Waals surface area contributed by atoms with Crippen LogP contribution < -0.4 is 10.1 Å². The number of ether oxygens (including phenoxy) is 1. The summed E-state index contributed by atoms with van der Waals surface area (Å²) in [5.41, 5.74) is 1.46. The number of carbonyl (C=O) groups excluding carboxylic acids is 2. The summed E-state index contributed by atoms with van der Waals surface area (Å²) in [6, 6.07) is 5.30. The summed E-state index contributed by atoms with van der Waals surface area (Å²) in [5, 5.41) is 2.49. The predicted octanol–water partition coefficient (Wildman–Crippen LogP) is 2.13. The lowest BCUT2D eigenvalue weighted by molar-refractivity contribution is -0.127. The highest BCUT2D eigenvalue weighted by Crippen LogP contribution is 2.33. The van der Waals surface area contributed by atoms with E-state index in [1.807, 2.05) is 6.07 Å². The van der Waals surface area contributed by atoms with Gasteiger partial charge in [0, 0.05) is 11.3 Å². The predicted molar refractivity (Wildman–Crippen MR) is 66.4 cm³/mol. The number of aldehydes is 1. The molecule has 0 saturated heterocycles. The standard InChI is InChI=1S/C13H17NO3/c1-13(2,3)10-7-9(14-12(16)8-15)5-6-11(10)17-4/h5-8H,1-4H3,(H,14,16). The van der Waals surface area contributed by atoms with E-state index in [-0.39, 0.29) is 11.7 Å². The molecule has 0 bridgehead atoms. The molecule has 0 heterocycles. The summed E-state index contributed by atoms with van der Waals surface area (Å²) < 4.78 is 5.28. The number of methoxy groups -OCH3 is 1. The number of benzene rings is 1. The van der Waals surface area contributed by atoms with Crippen LogP contribution in [-0.2, 0) is 15.0 Å². The van der Waals surface area contributed by atoms with Gasteiger partial charge in [0.05, 0.1) is 7.11 Å². The Morgan fingerprint density at radius 2 is 2.00 bits per heavy atom. The molecule has 1 rings (SSSR count). The highest BCUT2D eigenvalue weighted by Gasteiger charge is 2.19. The fraction of sp³-hybridized carbons (Fsp3) is 0.385. The summed E-state index contributed by atoms with van der Waals surface area (Å²) in [6.45, 7) is 6.16. The van der Waals surface area contributed by atoms with E-state index in [0.29, 0.717) is 5.69 Å². The van der Waals surface area contributed by atoms with Crippen molar-refractivity contribution in [1.29, 1.82) is 0 Å². The van der Waals surface area contributed by atoms with Crippen LogP contribution in [0.15, 0.2) is 18.2 Å². The SMILES string of the molecule is COc1ccc(NC(=O)C=O)cc1C(C)(C)C. The summed E-state index contributed by atoms with van der Waals surface area (Å²) >= 11 is 0. The van der Waals surface area contributed by atoms with Crippen LogP contribution in [0.4, 0.5) is 5.69 Å². The molecule has 0 saturated carbocycles. The van der Waals surface area contributed by atoms with Crippen molar-refractivity contribution < 1.29 is 14.3 Å². The lowest BCUT2D eigenvalue weighted by Crippen LogP contribution is -2.16. The Morgan fingerprint density at radius 3 is 2.47 bits per heavy atom. The van der Waals surface area contributed by atoms with E-state index in [0.717, 1.165) is 11.3 Å². The van der Waals surface area contributed by atoms with Crippen LogP contribution in [0.2, 0.25) is 0 Å². The van der Waals surface area contributed by atoms with Gasteiger partial charge in [-0.3, -0.25) is 9.59 Å². The van der Waals surface area contributed by atoms with Crippen molar-refractivity contribution in [3.63, 3.8) is 0 Å². The van der Waals surface area contributed by atoms with E-state index in [4.69, 9.17) is 4.74 Å². The van der Waals surface area contributed by atoms with Gasteiger partial charge in [-0.25, -0.2) is 0 Å². The first-order valence-electron chi connectivity index (χ1n) is 5.33. The maximum absolute atomic E-state index is 11.0. The van der Waals surface area contributed by atoms with Crippen molar-refractivity contribution in [3.8, 4) is 5.75 Å². The van der Waals surface area contributed by atoms with Crippen LogP contribution in [0.3, 0.4) is 0 Å². The lowest BCUT2D eigenvalue weighted by atomic mass is 9.86. The number of carbonyl (C=O) groups is 2.